The van der Waals surface area contributed by atoms with Crippen molar-refractivity contribution < 1.29 is 40.0 Å². The third-order valence-corrected chi connectivity index (χ3v) is 4.91. The Morgan fingerprint density at radius 1 is 0.926 bits per heavy atom. The number of anilines is 1. The minimum absolute atomic E-state index is 0.0141. The summed E-state index contributed by atoms with van der Waals surface area (Å²) in [5.41, 5.74) is -4.53. The molecule has 0 fully saturated rings. The van der Waals surface area contributed by atoms with Crippen molar-refractivity contribution in [1.29, 1.82) is 0 Å². The number of rotatable bonds is 7. The topological polar surface area (TPSA) is 47.6 Å². The first kappa shape index (κ1) is 21.5. The molecule has 1 unspecified atom stereocenters. The van der Waals surface area contributed by atoms with E-state index >= 15 is 0 Å². The largest absolute Gasteiger partial charge is 0.486 e. The van der Waals surface area contributed by atoms with Gasteiger partial charge >= 0.3 is 19.4 Å². The van der Waals surface area contributed by atoms with Crippen LogP contribution in [0, 0.1) is 0 Å². The van der Waals surface area contributed by atoms with Crippen molar-refractivity contribution in [3.8, 4) is 5.75 Å². The van der Waals surface area contributed by atoms with Crippen LogP contribution in [0.15, 0.2) is 59.5 Å². The van der Waals surface area contributed by atoms with Crippen LogP contribution < -0.4 is 9.61 Å². The number of para-hydroxylation sites is 1. The first-order valence-corrected chi connectivity index (χ1v) is 9.50. The molecule has 0 bridgehead atoms. The van der Waals surface area contributed by atoms with E-state index in [-0.39, 0.29) is 28.1 Å². The molecule has 4 nitrogen and oxygen atoms in total. The van der Waals surface area contributed by atoms with Crippen molar-refractivity contribution in [3.63, 3.8) is 0 Å². The molecule has 2 aromatic carbocycles. The Balaban J connectivity index is 2.16. The molecule has 0 saturated heterocycles. The van der Waals surface area contributed by atoms with E-state index in [9.17, 15) is 30.9 Å². The number of thioether (sulfide) groups is 1. The van der Waals surface area contributed by atoms with Gasteiger partial charge in [-0.05, 0) is 48.2 Å². The van der Waals surface area contributed by atoms with Crippen LogP contribution in [0.25, 0.3) is 0 Å². The summed E-state index contributed by atoms with van der Waals surface area (Å²) in [6.07, 6.45) is -4.76. The predicted molar refractivity (Wildman–Crippen MR) is 88.7 cm³/mol. The Kier molecular flexibility index (Phi) is 6.72. The summed E-state index contributed by atoms with van der Waals surface area (Å²) in [7, 11) is -4.51. The molecule has 0 aliphatic carbocycles. The molecular weight excluding hydrogens is 419 g/mol. The molecule has 2 aromatic rings. The monoisotopic (exact) mass is 431 g/mol. The van der Waals surface area contributed by atoms with Crippen LogP contribution in [0.3, 0.4) is 0 Å². The molecule has 0 amide bonds. The minimum Gasteiger partial charge on any atom is -0.409 e. The summed E-state index contributed by atoms with van der Waals surface area (Å²) in [5.74, 6) is -0.0141. The number of benzene rings is 2. The Bertz CT molecular complexity index is 783. The summed E-state index contributed by atoms with van der Waals surface area (Å²) in [5, 5.41) is 2.19. The van der Waals surface area contributed by atoms with E-state index in [0.29, 0.717) is 0 Å². The maximum Gasteiger partial charge on any atom is 0.486 e. The fourth-order valence-electron chi connectivity index (χ4n) is 1.75. The average Bonchev–Trinajstić information content (AvgIpc) is 2.54. The van der Waals surface area contributed by atoms with Gasteiger partial charge in [0.25, 0.3) is 0 Å². The molecule has 27 heavy (non-hydrogen) atoms. The highest BCUT2D eigenvalue weighted by Crippen LogP contribution is 2.49. The SMILES string of the molecule is O=P(Nc1ccc(SC(F)(F)F)cc1)(OCC(F)(F)F)Oc1ccccc1. The Morgan fingerprint density at radius 3 is 2.04 bits per heavy atom. The van der Waals surface area contributed by atoms with Gasteiger partial charge in [-0.15, -0.1) is 0 Å². The second kappa shape index (κ2) is 8.45. The molecule has 2 rings (SSSR count). The fourth-order valence-corrected chi connectivity index (χ4v) is 3.63. The van der Waals surface area contributed by atoms with Crippen LogP contribution in [-0.4, -0.2) is 18.3 Å². The fraction of sp³-hybridized carbons (Fsp3) is 0.200. The first-order chi connectivity index (χ1) is 12.4. The van der Waals surface area contributed by atoms with Crippen molar-refractivity contribution in [2.75, 3.05) is 11.7 Å². The van der Waals surface area contributed by atoms with Crippen LogP contribution in [0.2, 0.25) is 0 Å². The highest BCUT2D eigenvalue weighted by molar-refractivity contribution is 8.00. The summed E-state index contributed by atoms with van der Waals surface area (Å²) in [6.45, 7) is -1.84. The number of nitrogens with one attached hydrogen (secondary N) is 1. The van der Waals surface area contributed by atoms with Crippen molar-refractivity contribution in [2.24, 2.45) is 0 Å². The third-order valence-electron chi connectivity index (χ3n) is 2.72. The lowest BCUT2D eigenvalue weighted by atomic mass is 10.3. The van der Waals surface area contributed by atoms with E-state index in [4.69, 9.17) is 4.52 Å². The maximum atomic E-state index is 12.7. The molecule has 0 saturated carbocycles. The molecule has 0 aromatic heterocycles. The van der Waals surface area contributed by atoms with Crippen LogP contribution in [0.4, 0.5) is 32.0 Å². The molecule has 0 radical (unpaired) electrons. The van der Waals surface area contributed by atoms with Crippen LogP contribution in [0.5, 0.6) is 5.75 Å². The molecule has 0 aliphatic rings. The highest BCUT2D eigenvalue weighted by atomic mass is 32.2. The first-order valence-electron chi connectivity index (χ1n) is 7.14. The predicted octanol–water partition coefficient (Wildman–Crippen LogP) is 6.48. The molecule has 0 spiro atoms. The zero-order valence-electron chi connectivity index (χ0n) is 13.3. The lowest BCUT2D eigenvalue weighted by Gasteiger charge is -2.21. The summed E-state index contributed by atoms with van der Waals surface area (Å²) in [4.78, 5) is -0.150. The maximum absolute atomic E-state index is 12.7. The molecule has 0 heterocycles. The molecule has 0 aliphatic heterocycles. The third kappa shape index (κ3) is 8.15. The van der Waals surface area contributed by atoms with Gasteiger partial charge in [0.2, 0.25) is 0 Å². The van der Waals surface area contributed by atoms with Crippen molar-refractivity contribution in [3.05, 3.63) is 54.6 Å². The normalized spacial score (nSPS) is 14.4. The number of hydrogen-bond acceptors (Lipinski definition) is 4. The van der Waals surface area contributed by atoms with E-state index in [1.54, 1.807) is 6.07 Å². The van der Waals surface area contributed by atoms with E-state index < -0.39 is 26.0 Å². The zero-order valence-corrected chi connectivity index (χ0v) is 15.0. The van der Waals surface area contributed by atoms with Gasteiger partial charge < -0.3 is 4.52 Å². The van der Waals surface area contributed by atoms with Gasteiger partial charge in [-0.2, -0.15) is 26.3 Å². The standard InChI is InChI=1S/C15H12F6NO3PS/c16-14(17,18)10-24-26(23,25-12-4-2-1-3-5-12)22-11-6-8-13(9-7-11)27-15(19,20)21/h1-9H,10H2,(H,22,23). The summed E-state index contributed by atoms with van der Waals surface area (Å²) < 4.78 is 96.4. The summed E-state index contributed by atoms with van der Waals surface area (Å²) >= 11 is -0.364. The van der Waals surface area contributed by atoms with E-state index in [1.807, 2.05) is 0 Å². The van der Waals surface area contributed by atoms with Gasteiger partial charge in [0, 0.05) is 10.6 Å². The second-order valence-corrected chi connectivity index (χ2v) is 7.77. The molecule has 1 N–H and O–H groups in total. The van der Waals surface area contributed by atoms with Gasteiger partial charge in [0.05, 0.1) is 0 Å². The Labute approximate surface area is 154 Å². The van der Waals surface area contributed by atoms with Crippen LogP contribution in [0.1, 0.15) is 0 Å². The molecule has 1 atom stereocenters. The smallest absolute Gasteiger partial charge is 0.409 e. The van der Waals surface area contributed by atoms with Gasteiger partial charge in [0.15, 0.2) is 6.61 Å². The molecule has 12 heteroatoms. The van der Waals surface area contributed by atoms with E-state index in [1.165, 1.54) is 24.3 Å². The highest BCUT2D eigenvalue weighted by Gasteiger charge is 2.36. The van der Waals surface area contributed by atoms with Crippen molar-refractivity contribution >= 4 is 25.2 Å². The quantitative estimate of drug-likeness (QED) is 0.309. The number of hydrogen-bond donors (Lipinski definition) is 1. The Morgan fingerprint density at radius 2 is 1.52 bits per heavy atom. The van der Waals surface area contributed by atoms with E-state index in [0.717, 1.165) is 24.3 Å². The average molecular weight is 431 g/mol. The van der Waals surface area contributed by atoms with Gasteiger partial charge in [-0.25, -0.2) is 4.57 Å². The van der Waals surface area contributed by atoms with Gasteiger partial charge in [-0.3, -0.25) is 9.61 Å². The van der Waals surface area contributed by atoms with Gasteiger partial charge in [0.1, 0.15) is 5.75 Å². The number of halogens is 6. The lowest BCUT2D eigenvalue weighted by Crippen LogP contribution is -2.19. The second-order valence-electron chi connectivity index (χ2n) is 4.97. The van der Waals surface area contributed by atoms with E-state index in [2.05, 4.69) is 9.61 Å². The Hall–Kier alpha value is -1.84. The lowest BCUT2D eigenvalue weighted by molar-refractivity contribution is -0.154. The molecular formula is C15H12F6NO3PS. The van der Waals surface area contributed by atoms with Crippen molar-refractivity contribution in [2.45, 2.75) is 16.6 Å². The summed E-state index contributed by atoms with van der Waals surface area (Å²) in [6, 6.07) is 11.7. The minimum atomic E-state index is -4.76. The van der Waals surface area contributed by atoms with Crippen LogP contribution >= 0.6 is 19.5 Å². The zero-order chi connectivity index (χ0) is 20.1. The number of alkyl halides is 6. The van der Waals surface area contributed by atoms with Crippen LogP contribution in [-0.2, 0) is 9.09 Å². The van der Waals surface area contributed by atoms with Gasteiger partial charge in [-0.1, -0.05) is 18.2 Å². The molecule has 148 valence electrons. The van der Waals surface area contributed by atoms with Crippen molar-refractivity contribution in [1.82, 2.24) is 0 Å².